The predicted octanol–water partition coefficient (Wildman–Crippen LogP) is 3.98. The predicted molar refractivity (Wildman–Crippen MR) is 79.2 cm³/mol. The van der Waals surface area contributed by atoms with E-state index in [1.54, 1.807) is 12.1 Å². The Morgan fingerprint density at radius 2 is 2.10 bits per heavy atom. The quantitative estimate of drug-likeness (QED) is 0.668. The summed E-state index contributed by atoms with van der Waals surface area (Å²) in [6, 6.07) is 10.3. The summed E-state index contributed by atoms with van der Waals surface area (Å²) in [5.74, 6) is -0.351. The van der Waals surface area contributed by atoms with Gasteiger partial charge < -0.3 is 5.32 Å². The van der Waals surface area contributed by atoms with Gasteiger partial charge >= 0.3 is 0 Å². The van der Waals surface area contributed by atoms with Crippen LogP contribution < -0.4 is 5.32 Å². The van der Waals surface area contributed by atoms with Crippen molar-refractivity contribution in [2.75, 3.05) is 5.32 Å². The first-order chi connectivity index (χ1) is 10.0. The minimum atomic E-state index is -0.606. The lowest BCUT2D eigenvalue weighted by Gasteiger charge is -2.09. The van der Waals surface area contributed by atoms with Gasteiger partial charge in [-0.15, -0.1) is 0 Å². The second-order valence-corrected chi connectivity index (χ2v) is 5.04. The smallest absolute Gasteiger partial charge is 0.287 e. The molecule has 0 aliphatic heterocycles. The number of benzene rings is 2. The highest BCUT2D eigenvalue weighted by molar-refractivity contribution is 9.10. The van der Waals surface area contributed by atoms with Gasteiger partial charge in [-0.05, 0) is 35.9 Å². The van der Waals surface area contributed by atoms with Gasteiger partial charge in [0.1, 0.15) is 17.4 Å². The molecule has 2 aromatic carbocycles. The largest absolute Gasteiger partial charge is 0.381 e. The van der Waals surface area contributed by atoms with Gasteiger partial charge in [0, 0.05) is 22.8 Å². The standard InChI is InChI=1S/C14H9BrFN3O2/c15-13-3-1-11(16)5-10(13)8-18-12-2-4-14(19(20)21)9(6-12)7-17/h1-6,18H,8H2. The fraction of sp³-hybridized carbons (Fsp3) is 0.0714. The first-order valence-electron chi connectivity index (χ1n) is 5.87. The normalized spacial score (nSPS) is 9.95. The molecule has 0 atom stereocenters. The summed E-state index contributed by atoms with van der Waals surface area (Å²) in [7, 11) is 0. The van der Waals surface area contributed by atoms with E-state index < -0.39 is 4.92 Å². The maximum Gasteiger partial charge on any atom is 0.287 e. The second-order valence-electron chi connectivity index (χ2n) is 4.19. The zero-order valence-corrected chi connectivity index (χ0v) is 12.2. The van der Waals surface area contributed by atoms with Crippen molar-refractivity contribution in [3.8, 4) is 6.07 Å². The number of nitrogens with one attached hydrogen (secondary N) is 1. The number of nitrogens with zero attached hydrogens (tertiary/aromatic N) is 2. The highest BCUT2D eigenvalue weighted by Crippen LogP contribution is 2.23. The van der Waals surface area contributed by atoms with Crippen LogP contribution in [0.2, 0.25) is 0 Å². The van der Waals surface area contributed by atoms with E-state index in [-0.39, 0.29) is 17.1 Å². The van der Waals surface area contributed by atoms with E-state index in [0.717, 1.165) is 4.47 Å². The van der Waals surface area contributed by atoms with Crippen molar-refractivity contribution >= 4 is 27.3 Å². The number of nitriles is 1. The van der Waals surface area contributed by atoms with E-state index in [4.69, 9.17) is 5.26 Å². The first kappa shape index (κ1) is 14.9. The SMILES string of the molecule is N#Cc1cc(NCc2cc(F)ccc2Br)ccc1[N+](=O)[O-]. The highest BCUT2D eigenvalue weighted by atomic mass is 79.9. The van der Waals surface area contributed by atoms with E-state index >= 15 is 0 Å². The molecule has 0 radical (unpaired) electrons. The molecule has 0 saturated carbocycles. The number of nitro groups is 1. The van der Waals surface area contributed by atoms with E-state index in [2.05, 4.69) is 21.2 Å². The summed E-state index contributed by atoms with van der Waals surface area (Å²) in [6.07, 6.45) is 0. The van der Waals surface area contributed by atoms with Crippen LogP contribution >= 0.6 is 15.9 Å². The van der Waals surface area contributed by atoms with Crippen LogP contribution in [-0.2, 0) is 6.54 Å². The highest BCUT2D eigenvalue weighted by Gasteiger charge is 2.13. The van der Waals surface area contributed by atoms with Crippen LogP contribution in [-0.4, -0.2) is 4.92 Å². The van der Waals surface area contributed by atoms with Gasteiger partial charge in [-0.3, -0.25) is 10.1 Å². The Hall–Kier alpha value is -2.46. The Morgan fingerprint density at radius 3 is 2.76 bits per heavy atom. The fourth-order valence-electron chi connectivity index (χ4n) is 1.77. The molecule has 0 saturated heterocycles. The maximum atomic E-state index is 13.2. The van der Waals surface area contributed by atoms with Crippen molar-refractivity contribution in [3.05, 3.63) is 67.9 Å². The summed E-state index contributed by atoms with van der Waals surface area (Å²) in [5, 5.41) is 22.7. The second kappa shape index (κ2) is 6.33. The molecule has 0 fully saturated rings. The molecule has 0 aliphatic rings. The third-order valence-electron chi connectivity index (χ3n) is 2.80. The van der Waals surface area contributed by atoms with Crippen LogP contribution in [0.25, 0.3) is 0 Å². The van der Waals surface area contributed by atoms with Gasteiger partial charge in [0.2, 0.25) is 0 Å². The molecule has 0 heterocycles. The van der Waals surface area contributed by atoms with Crippen molar-refractivity contribution < 1.29 is 9.31 Å². The number of anilines is 1. The molecule has 0 amide bonds. The first-order valence-corrected chi connectivity index (χ1v) is 6.67. The van der Waals surface area contributed by atoms with E-state index in [9.17, 15) is 14.5 Å². The summed E-state index contributed by atoms with van der Waals surface area (Å²) in [6.45, 7) is 0.320. The molecular weight excluding hydrogens is 341 g/mol. The van der Waals surface area contributed by atoms with Crippen LogP contribution in [0.1, 0.15) is 11.1 Å². The molecule has 0 aliphatic carbocycles. The van der Waals surface area contributed by atoms with Gasteiger partial charge in [-0.2, -0.15) is 5.26 Å². The minimum absolute atomic E-state index is 0.0247. The van der Waals surface area contributed by atoms with Crippen molar-refractivity contribution in [1.29, 1.82) is 5.26 Å². The molecule has 2 aromatic rings. The van der Waals surface area contributed by atoms with Crippen molar-refractivity contribution in [2.24, 2.45) is 0 Å². The zero-order valence-electron chi connectivity index (χ0n) is 10.6. The van der Waals surface area contributed by atoms with Crippen molar-refractivity contribution in [1.82, 2.24) is 0 Å². The van der Waals surface area contributed by atoms with Gasteiger partial charge in [-0.1, -0.05) is 15.9 Å². The molecule has 0 aromatic heterocycles. The van der Waals surface area contributed by atoms with E-state index in [1.807, 2.05) is 0 Å². The molecule has 0 unspecified atom stereocenters. The number of halogens is 2. The molecule has 5 nitrogen and oxygen atoms in total. The lowest BCUT2D eigenvalue weighted by atomic mass is 10.1. The number of rotatable bonds is 4. The number of hydrogen-bond donors (Lipinski definition) is 1. The molecule has 21 heavy (non-hydrogen) atoms. The molecule has 106 valence electrons. The minimum Gasteiger partial charge on any atom is -0.381 e. The lowest BCUT2D eigenvalue weighted by molar-refractivity contribution is -0.385. The summed E-state index contributed by atoms with van der Waals surface area (Å²) in [4.78, 5) is 10.1. The van der Waals surface area contributed by atoms with Crippen LogP contribution in [0.3, 0.4) is 0 Å². The van der Waals surface area contributed by atoms with E-state index in [1.165, 1.54) is 30.3 Å². The number of nitro benzene ring substituents is 1. The topological polar surface area (TPSA) is 79.0 Å². The maximum absolute atomic E-state index is 13.2. The Bertz CT molecular complexity index is 743. The van der Waals surface area contributed by atoms with Gasteiger partial charge in [0.25, 0.3) is 5.69 Å². The van der Waals surface area contributed by atoms with Gasteiger partial charge in [-0.25, -0.2) is 4.39 Å². The average Bonchev–Trinajstić information content (AvgIpc) is 2.47. The van der Waals surface area contributed by atoms with Crippen molar-refractivity contribution in [3.63, 3.8) is 0 Å². The van der Waals surface area contributed by atoms with Gasteiger partial charge in [0.05, 0.1) is 4.92 Å². The Balaban J connectivity index is 2.19. The Kier molecular flexibility index (Phi) is 4.50. The molecule has 2 rings (SSSR count). The zero-order chi connectivity index (χ0) is 15.4. The Morgan fingerprint density at radius 1 is 1.33 bits per heavy atom. The molecule has 0 spiro atoms. The van der Waals surface area contributed by atoms with E-state index in [0.29, 0.717) is 17.8 Å². The lowest BCUT2D eigenvalue weighted by Crippen LogP contribution is -2.02. The monoisotopic (exact) mass is 349 g/mol. The van der Waals surface area contributed by atoms with Crippen molar-refractivity contribution in [2.45, 2.75) is 6.54 Å². The molecular formula is C14H9BrFN3O2. The summed E-state index contributed by atoms with van der Waals surface area (Å²) in [5.41, 5.74) is 0.985. The van der Waals surface area contributed by atoms with Crippen LogP contribution in [0.5, 0.6) is 0 Å². The number of hydrogen-bond acceptors (Lipinski definition) is 4. The summed E-state index contributed by atoms with van der Waals surface area (Å²) < 4.78 is 13.9. The van der Waals surface area contributed by atoms with Crippen LogP contribution in [0, 0.1) is 27.3 Å². The molecule has 7 heteroatoms. The van der Waals surface area contributed by atoms with Crippen LogP contribution in [0.4, 0.5) is 15.8 Å². The molecule has 1 N–H and O–H groups in total. The third-order valence-corrected chi connectivity index (χ3v) is 3.58. The molecule has 0 bridgehead atoms. The Labute approximate surface area is 128 Å². The third kappa shape index (κ3) is 3.55. The average molecular weight is 350 g/mol. The summed E-state index contributed by atoms with van der Waals surface area (Å²) >= 11 is 3.31. The van der Waals surface area contributed by atoms with Gasteiger partial charge in [0.15, 0.2) is 0 Å². The fourth-order valence-corrected chi connectivity index (χ4v) is 2.16. The van der Waals surface area contributed by atoms with Crippen LogP contribution in [0.15, 0.2) is 40.9 Å².